The molecule has 162 valence electrons. The molecule has 0 fully saturated rings. The Balaban J connectivity index is 1.72. The zero-order valence-corrected chi connectivity index (χ0v) is 18.7. The van der Waals surface area contributed by atoms with Crippen molar-refractivity contribution in [1.82, 2.24) is 5.32 Å². The summed E-state index contributed by atoms with van der Waals surface area (Å²) in [6, 6.07) is 9.23. The van der Waals surface area contributed by atoms with E-state index < -0.39 is 24.5 Å². The Bertz CT molecular complexity index is 1130. The van der Waals surface area contributed by atoms with Crippen LogP contribution in [0.25, 0.3) is 10.1 Å². The largest absolute Gasteiger partial charge is 0.462 e. The van der Waals surface area contributed by atoms with Gasteiger partial charge < -0.3 is 20.1 Å². The van der Waals surface area contributed by atoms with Gasteiger partial charge in [0.05, 0.1) is 17.0 Å². The van der Waals surface area contributed by atoms with Gasteiger partial charge in [0.15, 0.2) is 6.61 Å². The lowest BCUT2D eigenvalue weighted by atomic mass is 10.1. The highest BCUT2D eigenvalue weighted by molar-refractivity contribution is 7.20. The molecule has 0 bridgehead atoms. The van der Waals surface area contributed by atoms with E-state index in [-0.39, 0.29) is 28.0 Å². The van der Waals surface area contributed by atoms with Gasteiger partial charge in [-0.25, -0.2) is 9.59 Å². The maximum absolute atomic E-state index is 12.4. The first-order chi connectivity index (χ1) is 14.8. The molecule has 10 heteroatoms. The molecule has 8 nitrogen and oxygen atoms in total. The Morgan fingerprint density at radius 3 is 2.45 bits per heavy atom. The van der Waals surface area contributed by atoms with Crippen molar-refractivity contribution in [2.75, 3.05) is 25.6 Å². The minimum Gasteiger partial charge on any atom is -0.462 e. The van der Waals surface area contributed by atoms with Crippen LogP contribution in [-0.4, -0.2) is 44.0 Å². The number of nitrogens with one attached hydrogen (secondary N) is 2. The van der Waals surface area contributed by atoms with E-state index in [0.29, 0.717) is 10.4 Å². The summed E-state index contributed by atoms with van der Waals surface area (Å²) in [5.41, 5.74) is 0.509. The first kappa shape index (κ1) is 22.4. The van der Waals surface area contributed by atoms with Gasteiger partial charge in [0.1, 0.15) is 9.88 Å². The number of anilines is 1. The summed E-state index contributed by atoms with van der Waals surface area (Å²) < 4.78 is 11.1. The van der Waals surface area contributed by atoms with E-state index in [0.717, 1.165) is 21.4 Å². The summed E-state index contributed by atoms with van der Waals surface area (Å²) in [6.07, 6.45) is 0. The number of carbonyl (C=O) groups excluding carboxylic acids is 4. The number of esters is 2. The van der Waals surface area contributed by atoms with Crippen LogP contribution in [0.1, 0.15) is 42.2 Å². The normalized spacial score (nSPS) is 10.5. The standard InChI is InChI=1S/C21H20N2O6S2/c1-4-28-21(27)16-11(2)17(18(25)22-3)31-19(16)23-15(24)10-29-20(26)14-9-12-7-5-6-8-13(12)30-14/h5-9H,4,10H2,1-3H3,(H,22,25)(H,23,24). The van der Waals surface area contributed by atoms with Gasteiger partial charge in [-0.3, -0.25) is 9.59 Å². The van der Waals surface area contributed by atoms with E-state index >= 15 is 0 Å². The number of carbonyl (C=O) groups is 4. The summed E-state index contributed by atoms with van der Waals surface area (Å²) in [5, 5.41) is 6.12. The molecule has 0 unspecified atom stereocenters. The van der Waals surface area contributed by atoms with Crippen molar-refractivity contribution in [2.24, 2.45) is 0 Å². The highest BCUT2D eigenvalue weighted by atomic mass is 32.1. The van der Waals surface area contributed by atoms with Gasteiger partial charge in [-0.2, -0.15) is 0 Å². The number of thiophene rings is 2. The molecule has 0 saturated heterocycles. The molecule has 2 amide bonds. The Morgan fingerprint density at radius 2 is 1.77 bits per heavy atom. The van der Waals surface area contributed by atoms with Crippen LogP contribution in [0.5, 0.6) is 0 Å². The number of rotatable bonds is 7. The minimum atomic E-state index is -0.649. The lowest BCUT2D eigenvalue weighted by Gasteiger charge is -2.07. The predicted octanol–water partition coefficient (Wildman–Crippen LogP) is 3.60. The second-order valence-corrected chi connectivity index (χ2v) is 8.44. The number of benzene rings is 1. The highest BCUT2D eigenvalue weighted by Gasteiger charge is 2.26. The first-order valence-corrected chi connectivity index (χ1v) is 11.0. The monoisotopic (exact) mass is 460 g/mol. The maximum atomic E-state index is 12.4. The summed E-state index contributed by atoms with van der Waals surface area (Å²) >= 11 is 2.23. The molecule has 0 saturated carbocycles. The first-order valence-electron chi connectivity index (χ1n) is 9.33. The average molecular weight is 461 g/mol. The van der Waals surface area contributed by atoms with Crippen LogP contribution in [0, 0.1) is 6.92 Å². The fraction of sp³-hybridized carbons (Fsp3) is 0.238. The van der Waals surface area contributed by atoms with E-state index in [4.69, 9.17) is 9.47 Å². The van der Waals surface area contributed by atoms with Gasteiger partial charge in [0.25, 0.3) is 11.8 Å². The Morgan fingerprint density at radius 1 is 1.03 bits per heavy atom. The van der Waals surface area contributed by atoms with Gasteiger partial charge >= 0.3 is 11.9 Å². The molecule has 0 radical (unpaired) electrons. The van der Waals surface area contributed by atoms with Gasteiger partial charge in [-0.05, 0) is 36.9 Å². The second kappa shape index (κ2) is 9.71. The minimum absolute atomic E-state index is 0.106. The quantitative estimate of drug-likeness (QED) is 0.521. The summed E-state index contributed by atoms with van der Waals surface area (Å²) in [7, 11) is 1.47. The van der Waals surface area contributed by atoms with E-state index in [1.54, 1.807) is 19.9 Å². The van der Waals surface area contributed by atoms with Crippen LogP contribution in [0.3, 0.4) is 0 Å². The van der Waals surface area contributed by atoms with Crippen molar-refractivity contribution in [3.8, 4) is 0 Å². The van der Waals surface area contributed by atoms with Crippen molar-refractivity contribution >= 4 is 61.5 Å². The smallest absolute Gasteiger partial charge is 0.348 e. The van der Waals surface area contributed by atoms with E-state index in [2.05, 4.69) is 10.6 Å². The molecule has 2 aromatic heterocycles. The number of hydrogen-bond donors (Lipinski definition) is 2. The highest BCUT2D eigenvalue weighted by Crippen LogP contribution is 2.34. The molecule has 3 rings (SSSR count). The van der Waals surface area contributed by atoms with Crippen molar-refractivity contribution < 1.29 is 28.7 Å². The molecule has 0 aliphatic carbocycles. The molecule has 1 aromatic carbocycles. The van der Waals surface area contributed by atoms with Crippen LogP contribution < -0.4 is 10.6 Å². The third-order valence-electron chi connectivity index (χ3n) is 4.27. The van der Waals surface area contributed by atoms with Crippen LogP contribution in [0.4, 0.5) is 5.00 Å². The molecule has 3 aromatic rings. The summed E-state index contributed by atoms with van der Waals surface area (Å²) in [5.74, 6) is -2.28. The lowest BCUT2D eigenvalue weighted by Crippen LogP contribution is -2.21. The zero-order chi connectivity index (χ0) is 22.5. The van der Waals surface area contributed by atoms with E-state index in [1.165, 1.54) is 18.4 Å². The van der Waals surface area contributed by atoms with Crippen molar-refractivity contribution in [3.63, 3.8) is 0 Å². The van der Waals surface area contributed by atoms with Crippen LogP contribution >= 0.6 is 22.7 Å². The van der Waals surface area contributed by atoms with Crippen LogP contribution in [0.15, 0.2) is 30.3 Å². The zero-order valence-electron chi connectivity index (χ0n) is 17.1. The van der Waals surface area contributed by atoms with Crippen LogP contribution in [-0.2, 0) is 14.3 Å². The number of ether oxygens (including phenoxy) is 2. The van der Waals surface area contributed by atoms with Crippen LogP contribution in [0.2, 0.25) is 0 Å². The number of fused-ring (bicyclic) bond motifs is 1. The molecule has 0 aliphatic rings. The van der Waals surface area contributed by atoms with E-state index in [9.17, 15) is 19.2 Å². The third kappa shape index (κ3) is 4.92. The molecular formula is C21H20N2O6S2. The molecule has 0 atom stereocenters. The topological polar surface area (TPSA) is 111 Å². The predicted molar refractivity (Wildman–Crippen MR) is 119 cm³/mol. The lowest BCUT2D eigenvalue weighted by molar-refractivity contribution is -0.119. The average Bonchev–Trinajstić information content (AvgIpc) is 3.32. The fourth-order valence-corrected chi connectivity index (χ4v) is 4.94. The van der Waals surface area contributed by atoms with Gasteiger partial charge in [-0.1, -0.05) is 18.2 Å². The van der Waals surface area contributed by atoms with Crippen molar-refractivity contribution in [1.29, 1.82) is 0 Å². The van der Waals surface area contributed by atoms with E-state index in [1.807, 2.05) is 24.3 Å². The molecule has 2 N–H and O–H groups in total. The van der Waals surface area contributed by atoms with Crippen molar-refractivity contribution in [3.05, 3.63) is 51.2 Å². The SMILES string of the molecule is CCOC(=O)c1c(NC(=O)COC(=O)c2cc3ccccc3s2)sc(C(=O)NC)c1C. The van der Waals surface area contributed by atoms with Gasteiger partial charge in [-0.15, -0.1) is 22.7 Å². The molecule has 0 spiro atoms. The fourth-order valence-electron chi connectivity index (χ4n) is 2.83. The summed E-state index contributed by atoms with van der Waals surface area (Å²) in [4.78, 5) is 49.8. The molecule has 31 heavy (non-hydrogen) atoms. The molecule has 2 heterocycles. The van der Waals surface area contributed by atoms with Gasteiger partial charge in [0.2, 0.25) is 0 Å². The second-order valence-electron chi connectivity index (χ2n) is 6.33. The molecule has 0 aliphatic heterocycles. The number of hydrogen-bond acceptors (Lipinski definition) is 8. The summed E-state index contributed by atoms with van der Waals surface area (Å²) in [6.45, 7) is 2.86. The Labute approximate surface area is 186 Å². The maximum Gasteiger partial charge on any atom is 0.348 e. The number of amides is 2. The Kier molecular flexibility index (Phi) is 7.03. The molecular weight excluding hydrogens is 440 g/mol. The third-order valence-corrected chi connectivity index (χ3v) is 6.58. The van der Waals surface area contributed by atoms with Crippen molar-refractivity contribution in [2.45, 2.75) is 13.8 Å². The Hall–Kier alpha value is -3.24. The van der Waals surface area contributed by atoms with Gasteiger partial charge in [0, 0.05) is 11.7 Å².